The van der Waals surface area contributed by atoms with Crippen molar-refractivity contribution in [3.63, 3.8) is 0 Å². The van der Waals surface area contributed by atoms with Crippen molar-refractivity contribution in [2.45, 2.75) is 25.2 Å². The molecule has 0 saturated heterocycles. The van der Waals surface area contributed by atoms with E-state index < -0.39 is 0 Å². The maximum Gasteiger partial charge on any atom is 0.232 e. The Morgan fingerprint density at radius 1 is 1.22 bits per heavy atom. The zero-order valence-corrected chi connectivity index (χ0v) is 12.3. The van der Waals surface area contributed by atoms with E-state index >= 15 is 0 Å². The molecule has 3 heterocycles. The van der Waals surface area contributed by atoms with Crippen LogP contribution in [0.5, 0.6) is 0 Å². The Labute approximate surface area is 131 Å². The molecule has 1 fully saturated rings. The first-order valence-corrected chi connectivity index (χ1v) is 7.62. The van der Waals surface area contributed by atoms with Gasteiger partial charge in [0.25, 0.3) is 0 Å². The predicted octanol–water partition coefficient (Wildman–Crippen LogP) is 2.32. The van der Waals surface area contributed by atoms with E-state index in [1.807, 2.05) is 28.7 Å². The van der Waals surface area contributed by atoms with E-state index in [2.05, 4.69) is 20.1 Å². The molecule has 23 heavy (non-hydrogen) atoms. The number of hydrogen-bond acceptors (Lipinski definition) is 6. The number of nitrogen functional groups attached to an aromatic ring is 1. The van der Waals surface area contributed by atoms with Crippen molar-refractivity contribution in [1.82, 2.24) is 24.5 Å². The maximum absolute atomic E-state index is 6.15. The van der Waals surface area contributed by atoms with Crippen LogP contribution in [0.2, 0.25) is 0 Å². The number of fused-ring (bicyclic) bond motifs is 3. The summed E-state index contributed by atoms with van der Waals surface area (Å²) in [5.41, 5.74) is 9.56. The van der Waals surface area contributed by atoms with Crippen molar-refractivity contribution < 1.29 is 4.52 Å². The van der Waals surface area contributed by atoms with Gasteiger partial charge in [0.05, 0.1) is 23.1 Å². The molecule has 7 nitrogen and oxygen atoms in total. The number of para-hydroxylation sites is 2. The molecule has 7 heteroatoms. The maximum atomic E-state index is 6.15. The van der Waals surface area contributed by atoms with E-state index in [4.69, 9.17) is 10.3 Å². The third kappa shape index (κ3) is 1.97. The Hall–Kier alpha value is -2.96. The highest BCUT2D eigenvalue weighted by Crippen LogP contribution is 2.38. The molecule has 0 aliphatic heterocycles. The summed E-state index contributed by atoms with van der Waals surface area (Å²) < 4.78 is 7.31. The van der Waals surface area contributed by atoms with E-state index in [0.29, 0.717) is 24.0 Å². The number of benzene rings is 1. The highest BCUT2D eigenvalue weighted by Gasteiger charge is 2.29. The van der Waals surface area contributed by atoms with Gasteiger partial charge >= 0.3 is 0 Å². The Morgan fingerprint density at radius 2 is 2.09 bits per heavy atom. The molecule has 1 aliphatic rings. The lowest BCUT2D eigenvalue weighted by atomic mass is 10.2. The molecule has 4 aromatic rings. The van der Waals surface area contributed by atoms with Crippen LogP contribution in [0.1, 0.15) is 36.2 Å². The summed E-state index contributed by atoms with van der Waals surface area (Å²) in [5.74, 6) is 2.31. The van der Waals surface area contributed by atoms with Crippen molar-refractivity contribution in [2.24, 2.45) is 0 Å². The lowest BCUT2D eigenvalue weighted by molar-refractivity contribution is 0.379. The van der Waals surface area contributed by atoms with Crippen LogP contribution < -0.4 is 5.73 Å². The third-order valence-corrected chi connectivity index (χ3v) is 4.21. The van der Waals surface area contributed by atoms with Crippen molar-refractivity contribution in [2.75, 3.05) is 5.73 Å². The molecular weight excluding hydrogens is 292 g/mol. The van der Waals surface area contributed by atoms with Gasteiger partial charge in [0.1, 0.15) is 17.7 Å². The van der Waals surface area contributed by atoms with Gasteiger partial charge in [-0.05, 0) is 25.0 Å². The van der Waals surface area contributed by atoms with Crippen LogP contribution in [0.4, 0.5) is 5.82 Å². The standard InChI is InChI=1S/C16H14N6O/c17-15-14-11(7-13-20-16(21-23-13)9-5-6-9)18-8-22(14)12-4-2-1-3-10(12)19-15/h1-4,8-9H,5-7H2,(H2,17,19). The largest absolute Gasteiger partial charge is 0.382 e. The first-order chi connectivity index (χ1) is 11.3. The van der Waals surface area contributed by atoms with Gasteiger partial charge in [-0.25, -0.2) is 9.97 Å². The summed E-state index contributed by atoms with van der Waals surface area (Å²) in [6, 6.07) is 7.85. The van der Waals surface area contributed by atoms with Crippen molar-refractivity contribution in [1.29, 1.82) is 0 Å². The van der Waals surface area contributed by atoms with Crippen LogP contribution in [0.25, 0.3) is 16.6 Å². The molecule has 0 amide bonds. The average molecular weight is 306 g/mol. The van der Waals surface area contributed by atoms with Crippen LogP contribution in [-0.2, 0) is 6.42 Å². The zero-order valence-electron chi connectivity index (χ0n) is 12.3. The second-order valence-electron chi connectivity index (χ2n) is 5.89. The number of rotatable bonds is 3. The van der Waals surface area contributed by atoms with Crippen LogP contribution in [0.3, 0.4) is 0 Å². The number of anilines is 1. The minimum Gasteiger partial charge on any atom is -0.382 e. The summed E-state index contributed by atoms with van der Waals surface area (Å²) >= 11 is 0. The minimum atomic E-state index is 0.457. The van der Waals surface area contributed by atoms with Gasteiger partial charge < -0.3 is 10.3 Å². The highest BCUT2D eigenvalue weighted by atomic mass is 16.5. The number of hydrogen-bond donors (Lipinski definition) is 1. The fourth-order valence-electron chi connectivity index (χ4n) is 2.90. The molecule has 3 aromatic heterocycles. The molecule has 0 atom stereocenters. The van der Waals surface area contributed by atoms with Gasteiger partial charge in [-0.3, -0.25) is 4.40 Å². The topological polar surface area (TPSA) is 95.1 Å². The van der Waals surface area contributed by atoms with Gasteiger partial charge in [-0.2, -0.15) is 4.98 Å². The Bertz CT molecular complexity index is 1030. The number of nitrogens with zero attached hydrogens (tertiary/aromatic N) is 5. The van der Waals surface area contributed by atoms with Crippen molar-refractivity contribution >= 4 is 22.4 Å². The Balaban J connectivity index is 1.62. The number of imidazole rings is 1. The highest BCUT2D eigenvalue weighted by molar-refractivity contribution is 5.84. The van der Waals surface area contributed by atoms with Crippen LogP contribution in [0, 0.1) is 0 Å². The monoisotopic (exact) mass is 306 g/mol. The van der Waals surface area contributed by atoms with Gasteiger partial charge in [0.2, 0.25) is 5.89 Å². The zero-order chi connectivity index (χ0) is 15.4. The fourth-order valence-corrected chi connectivity index (χ4v) is 2.90. The van der Waals surface area contributed by atoms with Gasteiger partial charge in [-0.15, -0.1) is 0 Å². The van der Waals surface area contributed by atoms with Gasteiger partial charge in [0.15, 0.2) is 5.82 Å². The van der Waals surface area contributed by atoms with Crippen molar-refractivity contribution in [3.05, 3.63) is 48.0 Å². The van der Waals surface area contributed by atoms with Crippen LogP contribution in [0.15, 0.2) is 35.1 Å². The molecule has 1 aliphatic carbocycles. The molecule has 0 unspecified atom stereocenters. The second-order valence-corrected chi connectivity index (χ2v) is 5.89. The first-order valence-electron chi connectivity index (χ1n) is 7.62. The summed E-state index contributed by atoms with van der Waals surface area (Å²) in [6.45, 7) is 0. The predicted molar refractivity (Wildman–Crippen MR) is 84.0 cm³/mol. The molecular formula is C16H14N6O. The van der Waals surface area contributed by atoms with E-state index in [-0.39, 0.29) is 0 Å². The lowest BCUT2D eigenvalue weighted by Crippen LogP contribution is -2.00. The quantitative estimate of drug-likeness (QED) is 0.624. The molecule has 114 valence electrons. The molecule has 0 bridgehead atoms. The smallest absolute Gasteiger partial charge is 0.232 e. The van der Waals surface area contributed by atoms with Crippen LogP contribution >= 0.6 is 0 Å². The summed E-state index contributed by atoms with van der Waals surface area (Å²) in [6.07, 6.45) is 4.52. The lowest BCUT2D eigenvalue weighted by Gasteiger charge is -2.05. The molecule has 5 rings (SSSR count). The summed E-state index contributed by atoms with van der Waals surface area (Å²) in [4.78, 5) is 13.4. The van der Waals surface area contributed by atoms with E-state index in [9.17, 15) is 0 Å². The van der Waals surface area contributed by atoms with E-state index in [1.165, 1.54) is 0 Å². The number of nitrogens with two attached hydrogens (primary N) is 1. The van der Waals surface area contributed by atoms with Crippen LogP contribution in [-0.4, -0.2) is 24.5 Å². The molecule has 1 saturated carbocycles. The molecule has 1 aromatic carbocycles. The SMILES string of the molecule is Nc1nc2ccccc2n2cnc(Cc3nc(C4CC4)no3)c12. The number of aromatic nitrogens is 5. The molecule has 0 spiro atoms. The van der Waals surface area contributed by atoms with Gasteiger partial charge in [-0.1, -0.05) is 17.3 Å². The molecule has 2 N–H and O–H groups in total. The first kappa shape index (κ1) is 12.6. The van der Waals surface area contributed by atoms with E-state index in [0.717, 1.165) is 40.9 Å². The van der Waals surface area contributed by atoms with Crippen molar-refractivity contribution in [3.8, 4) is 0 Å². The fraction of sp³-hybridized carbons (Fsp3) is 0.250. The summed E-state index contributed by atoms with van der Waals surface area (Å²) in [7, 11) is 0. The second kappa shape index (κ2) is 4.52. The molecule has 0 radical (unpaired) electrons. The third-order valence-electron chi connectivity index (χ3n) is 4.21. The Morgan fingerprint density at radius 3 is 2.96 bits per heavy atom. The Kier molecular flexibility index (Phi) is 2.47. The summed E-state index contributed by atoms with van der Waals surface area (Å²) in [5, 5.41) is 4.04. The van der Waals surface area contributed by atoms with Gasteiger partial charge in [0, 0.05) is 5.92 Å². The minimum absolute atomic E-state index is 0.457. The van der Waals surface area contributed by atoms with E-state index in [1.54, 1.807) is 6.33 Å². The average Bonchev–Trinajstić information content (AvgIpc) is 3.16. The normalized spacial score (nSPS) is 14.8.